The molecule has 0 bridgehead atoms. The van der Waals surface area contributed by atoms with Gasteiger partial charge in [0, 0.05) is 24.8 Å². The highest BCUT2D eigenvalue weighted by atomic mass is 79.9. The normalized spacial score (nSPS) is 10.3. The van der Waals surface area contributed by atoms with E-state index in [9.17, 15) is 4.79 Å². The number of nitrogens with two attached hydrogens (primary N) is 1. The van der Waals surface area contributed by atoms with Crippen molar-refractivity contribution in [3.05, 3.63) is 55.4 Å². The largest absolute Gasteiger partial charge is 0.398 e. The molecular formula is C13H9Br3N2O. The van der Waals surface area contributed by atoms with Crippen LogP contribution < -0.4 is 11.1 Å². The number of rotatable bonds is 2. The van der Waals surface area contributed by atoms with Crippen molar-refractivity contribution in [1.82, 2.24) is 0 Å². The van der Waals surface area contributed by atoms with Gasteiger partial charge in [0.15, 0.2) is 0 Å². The molecule has 98 valence electrons. The van der Waals surface area contributed by atoms with E-state index < -0.39 is 0 Å². The molecule has 2 aromatic rings. The van der Waals surface area contributed by atoms with E-state index in [1.165, 1.54) is 0 Å². The molecule has 3 N–H and O–H groups in total. The Labute approximate surface area is 136 Å². The lowest BCUT2D eigenvalue weighted by Crippen LogP contribution is -2.12. The first kappa shape index (κ1) is 14.6. The van der Waals surface area contributed by atoms with Crippen molar-refractivity contribution in [3.8, 4) is 0 Å². The van der Waals surface area contributed by atoms with Crippen LogP contribution in [0, 0.1) is 0 Å². The van der Waals surface area contributed by atoms with E-state index in [1.807, 2.05) is 12.1 Å². The van der Waals surface area contributed by atoms with Crippen LogP contribution in [0.5, 0.6) is 0 Å². The summed E-state index contributed by atoms with van der Waals surface area (Å²) in [5.74, 6) is -0.199. The number of nitrogen functional groups attached to an aromatic ring is 1. The Bertz CT molecular complexity index is 644. The number of nitrogens with one attached hydrogen (secondary N) is 1. The summed E-state index contributed by atoms with van der Waals surface area (Å²) in [6.45, 7) is 0. The molecule has 0 heterocycles. The van der Waals surface area contributed by atoms with Gasteiger partial charge in [-0.25, -0.2) is 0 Å². The van der Waals surface area contributed by atoms with Gasteiger partial charge in [-0.15, -0.1) is 0 Å². The minimum absolute atomic E-state index is 0.199. The highest BCUT2D eigenvalue weighted by Crippen LogP contribution is 2.25. The zero-order valence-electron chi connectivity index (χ0n) is 9.58. The first-order valence-electron chi connectivity index (χ1n) is 5.29. The average Bonchev–Trinajstić information content (AvgIpc) is 2.36. The predicted molar refractivity (Wildman–Crippen MR) is 88.3 cm³/mol. The Hall–Kier alpha value is -0.850. The molecule has 0 aliphatic heterocycles. The maximum absolute atomic E-state index is 12.2. The van der Waals surface area contributed by atoms with Gasteiger partial charge in [0.25, 0.3) is 5.91 Å². The summed E-state index contributed by atoms with van der Waals surface area (Å²) in [5.41, 5.74) is 7.55. The van der Waals surface area contributed by atoms with E-state index in [1.54, 1.807) is 24.3 Å². The fraction of sp³-hybridized carbons (Fsp3) is 0. The summed E-state index contributed by atoms with van der Waals surface area (Å²) < 4.78 is 2.38. The van der Waals surface area contributed by atoms with Crippen LogP contribution in [0.1, 0.15) is 10.4 Å². The first-order chi connectivity index (χ1) is 8.97. The second kappa shape index (κ2) is 6.07. The molecule has 6 heteroatoms. The number of benzene rings is 2. The monoisotopic (exact) mass is 446 g/mol. The SMILES string of the molecule is Nc1cc(NC(=O)c2cc(Br)ccc2Br)ccc1Br. The maximum Gasteiger partial charge on any atom is 0.256 e. The Morgan fingerprint density at radius 1 is 1.00 bits per heavy atom. The summed E-state index contributed by atoms with van der Waals surface area (Å²) in [4.78, 5) is 12.2. The number of hydrogen-bond acceptors (Lipinski definition) is 2. The molecule has 0 atom stereocenters. The third-order valence-electron chi connectivity index (χ3n) is 2.43. The third kappa shape index (κ3) is 3.58. The lowest BCUT2D eigenvalue weighted by atomic mass is 10.2. The Morgan fingerprint density at radius 3 is 2.37 bits per heavy atom. The summed E-state index contributed by atoms with van der Waals surface area (Å²) >= 11 is 10.0. The van der Waals surface area contributed by atoms with Crippen molar-refractivity contribution < 1.29 is 4.79 Å². The van der Waals surface area contributed by atoms with Crippen LogP contribution in [0.25, 0.3) is 0 Å². The molecular weight excluding hydrogens is 440 g/mol. The fourth-order valence-electron chi connectivity index (χ4n) is 1.49. The minimum Gasteiger partial charge on any atom is -0.398 e. The van der Waals surface area contributed by atoms with Crippen LogP contribution in [0.2, 0.25) is 0 Å². The Kier molecular flexibility index (Phi) is 4.65. The smallest absolute Gasteiger partial charge is 0.256 e. The molecule has 0 saturated heterocycles. The Balaban J connectivity index is 2.25. The van der Waals surface area contributed by atoms with Gasteiger partial charge < -0.3 is 11.1 Å². The van der Waals surface area contributed by atoms with E-state index in [-0.39, 0.29) is 5.91 Å². The second-order valence-electron chi connectivity index (χ2n) is 3.81. The molecule has 19 heavy (non-hydrogen) atoms. The third-order valence-corrected chi connectivity index (χ3v) is 4.33. The average molecular weight is 449 g/mol. The fourth-order valence-corrected chi connectivity index (χ4v) is 2.53. The van der Waals surface area contributed by atoms with Crippen molar-refractivity contribution in [2.75, 3.05) is 11.1 Å². The minimum atomic E-state index is -0.199. The van der Waals surface area contributed by atoms with Crippen molar-refractivity contribution in [2.24, 2.45) is 0 Å². The topological polar surface area (TPSA) is 55.1 Å². The van der Waals surface area contributed by atoms with Gasteiger partial charge >= 0.3 is 0 Å². The molecule has 0 radical (unpaired) electrons. The van der Waals surface area contributed by atoms with Crippen LogP contribution in [0.15, 0.2) is 49.8 Å². The van der Waals surface area contributed by atoms with Crippen LogP contribution in [0.4, 0.5) is 11.4 Å². The van der Waals surface area contributed by atoms with E-state index in [0.717, 1.165) is 13.4 Å². The van der Waals surface area contributed by atoms with Crippen molar-refractivity contribution >= 4 is 65.1 Å². The number of hydrogen-bond donors (Lipinski definition) is 2. The van der Waals surface area contributed by atoms with Crippen LogP contribution in [-0.4, -0.2) is 5.91 Å². The molecule has 2 aromatic carbocycles. The first-order valence-corrected chi connectivity index (χ1v) is 7.66. The van der Waals surface area contributed by atoms with Gasteiger partial charge in [0.2, 0.25) is 0 Å². The zero-order chi connectivity index (χ0) is 14.0. The predicted octanol–water partition coefficient (Wildman–Crippen LogP) is 4.81. The van der Waals surface area contributed by atoms with Crippen molar-refractivity contribution in [1.29, 1.82) is 0 Å². The number of carbonyl (C=O) groups excluding carboxylic acids is 1. The summed E-state index contributed by atoms with van der Waals surface area (Å²) in [6, 6.07) is 10.7. The summed E-state index contributed by atoms with van der Waals surface area (Å²) in [5, 5.41) is 2.80. The highest BCUT2D eigenvalue weighted by molar-refractivity contribution is 9.11. The molecule has 2 rings (SSSR count). The quantitative estimate of drug-likeness (QED) is 0.648. The molecule has 3 nitrogen and oxygen atoms in total. The molecule has 0 fully saturated rings. The van der Waals surface area contributed by atoms with Crippen LogP contribution in [0.3, 0.4) is 0 Å². The van der Waals surface area contributed by atoms with Crippen LogP contribution >= 0.6 is 47.8 Å². The number of amides is 1. The second-order valence-corrected chi connectivity index (χ2v) is 6.44. The van der Waals surface area contributed by atoms with Gasteiger partial charge in [-0.2, -0.15) is 0 Å². The van der Waals surface area contributed by atoms with Gasteiger partial charge in [0.05, 0.1) is 5.56 Å². The molecule has 0 unspecified atom stereocenters. The van der Waals surface area contributed by atoms with E-state index in [0.29, 0.717) is 16.9 Å². The molecule has 0 saturated carbocycles. The highest BCUT2D eigenvalue weighted by Gasteiger charge is 2.11. The zero-order valence-corrected chi connectivity index (χ0v) is 14.3. The molecule has 0 aliphatic carbocycles. The van der Waals surface area contributed by atoms with E-state index >= 15 is 0 Å². The van der Waals surface area contributed by atoms with Gasteiger partial charge in [-0.05, 0) is 68.3 Å². The molecule has 0 aromatic heterocycles. The standard InChI is InChI=1S/C13H9Br3N2O/c14-7-1-3-10(15)9(5-7)13(19)18-8-2-4-11(16)12(17)6-8/h1-6H,17H2,(H,18,19). The van der Waals surface area contributed by atoms with Gasteiger partial charge in [0.1, 0.15) is 0 Å². The maximum atomic E-state index is 12.2. The van der Waals surface area contributed by atoms with E-state index in [4.69, 9.17) is 5.73 Å². The number of carbonyl (C=O) groups is 1. The lowest BCUT2D eigenvalue weighted by Gasteiger charge is -2.08. The Morgan fingerprint density at radius 2 is 1.68 bits per heavy atom. The molecule has 1 amide bonds. The van der Waals surface area contributed by atoms with Crippen LogP contribution in [-0.2, 0) is 0 Å². The number of anilines is 2. The molecule has 0 aliphatic rings. The molecule has 0 spiro atoms. The number of halogens is 3. The van der Waals surface area contributed by atoms with Crippen molar-refractivity contribution in [2.45, 2.75) is 0 Å². The lowest BCUT2D eigenvalue weighted by molar-refractivity contribution is 0.102. The summed E-state index contributed by atoms with van der Waals surface area (Å²) in [7, 11) is 0. The van der Waals surface area contributed by atoms with E-state index in [2.05, 4.69) is 53.1 Å². The van der Waals surface area contributed by atoms with Crippen molar-refractivity contribution in [3.63, 3.8) is 0 Å². The summed E-state index contributed by atoms with van der Waals surface area (Å²) in [6.07, 6.45) is 0. The van der Waals surface area contributed by atoms with Gasteiger partial charge in [-0.3, -0.25) is 4.79 Å². The van der Waals surface area contributed by atoms with Gasteiger partial charge in [-0.1, -0.05) is 15.9 Å².